The summed E-state index contributed by atoms with van der Waals surface area (Å²) in [5, 5.41) is 2.53. The first-order chi connectivity index (χ1) is 6.31. The van der Waals surface area contributed by atoms with Gasteiger partial charge >= 0.3 is 7.60 Å². The first kappa shape index (κ1) is 14.0. The molecule has 0 aromatic rings. The highest BCUT2D eigenvalue weighted by molar-refractivity contribution is 8.13. The quantitative estimate of drug-likeness (QED) is 0.565. The van der Waals surface area contributed by atoms with E-state index in [-0.39, 0.29) is 17.9 Å². The molecular formula is C7H16NO4PS. The lowest BCUT2D eigenvalue weighted by Gasteiger charge is -2.08. The van der Waals surface area contributed by atoms with Crippen molar-refractivity contribution in [3.8, 4) is 0 Å². The van der Waals surface area contributed by atoms with E-state index in [1.54, 1.807) is 0 Å². The van der Waals surface area contributed by atoms with E-state index in [1.165, 1.54) is 0 Å². The number of amides is 1. The fourth-order valence-electron chi connectivity index (χ4n) is 0.618. The van der Waals surface area contributed by atoms with Gasteiger partial charge in [0, 0.05) is 18.5 Å². The molecule has 7 heteroatoms. The third-order valence-corrected chi connectivity index (χ3v) is 2.47. The lowest BCUT2D eigenvalue weighted by molar-refractivity contribution is 0.258. The van der Waals surface area contributed by atoms with Gasteiger partial charge in [0.15, 0.2) is 0 Å². The molecule has 1 atom stereocenters. The summed E-state index contributed by atoms with van der Waals surface area (Å²) < 4.78 is 15.3. The molecule has 0 spiro atoms. The number of rotatable bonds is 5. The minimum absolute atomic E-state index is 0.0977. The summed E-state index contributed by atoms with van der Waals surface area (Å²) in [7, 11) is -3.40. The topological polar surface area (TPSA) is 75.6 Å². The number of carbonyl (C=O) groups excluding carboxylic acids is 1. The van der Waals surface area contributed by atoms with E-state index in [9.17, 15) is 9.36 Å². The maximum atomic E-state index is 11.0. The zero-order valence-corrected chi connectivity index (χ0v) is 10.2. The minimum Gasteiger partial charge on any atom is -0.345 e. The number of hydrogen-bond donors (Lipinski definition) is 2. The van der Waals surface area contributed by atoms with Crippen molar-refractivity contribution in [2.45, 2.75) is 19.9 Å². The van der Waals surface area contributed by atoms with Gasteiger partial charge in [0.05, 0.1) is 6.61 Å². The normalized spacial score (nSPS) is 15.2. The Bertz CT molecular complexity index is 228. The second-order valence-electron chi connectivity index (χ2n) is 3.07. The molecule has 1 amide bonds. The molecule has 0 bridgehead atoms. The van der Waals surface area contributed by atoms with E-state index < -0.39 is 7.60 Å². The Morgan fingerprint density at radius 3 is 2.64 bits per heavy atom. The second kappa shape index (κ2) is 6.45. The van der Waals surface area contributed by atoms with Gasteiger partial charge in [-0.15, -0.1) is 0 Å². The molecule has 0 radical (unpaired) electrons. The van der Waals surface area contributed by atoms with Gasteiger partial charge in [0.25, 0.3) is 5.24 Å². The number of hydrogen-bond acceptors (Lipinski definition) is 4. The van der Waals surface area contributed by atoms with Crippen molar-refractivity contribution in [3.05, 3.63) is 0 Å². The molecule has 0 aliphatic rings. The molecule has 0 saturated carbocycles. The molecule has 0 aromatic carbocycles. The molecule has 0 fully saturated rings. The van der Waals surface area contributed by atoms with Crippen LogP contribution in [0.1, 0.15) is 13.8 Å². The van der Waals surface area contributed by atoms with Crippen molar-refractivity contribution in [3.63, 3.8) is 0 Å². The average molecular weight is 241 g/mol. The molecule has 2 N–H and O–H groups in total. The van der Waals surface area contributed by atoms with E-state index >= 15 is 0 Å². The van der Waals surface area contributed by atoms with Crippen molar-refractivity contribution < 1.29 is 18.8 Å². The van der Waals surface area contributed by atoms with E-state index in [1.807, 2.05) is 13.8 Å². The molecule has 0 saturated heterocycles. The van der Waals surface area contributed by atoms with Crippen LogP contribution in [0.25, 0.3) is 0 Å². The predicted molar refractivity (Wildman–Crippen MR) is 57.8 cm³/mol. The van der Waals surface area contributed by atoms with Gasteiger partial charge in [-0.2, -0.15) is 0 Å². The van der Waals surface area contributed by atoms with Gasteiger partial charge in [-0.25, -0.2) is 0 Å². The third kappa shape index (κ3) is 10.1. The summed E-state index contributed by atoms with van der Waals surface area (Å²) in [5.74, 6) is 0.372. The minimum atomic E-state index is -3.40. The van der Waals surface area contributed by atoms with Crippen LogP contribution in [0.2, 0.25) is 0 Å². The molecular weight excluding hydrogens is 225 g/mol. The van der Waals surface area contributed by atoms with E-state index in [0.717, 1.165) is 18.4 Å². The fraction of sp³-hybridized carbons (Fsp3) is 0.857. The SMILES string of the molecule is CC(C)NC(=O)SCCOP(C)(=O)O. The molecule has 0 heterocycles. The first-order valence-corrected chi connectivity index (χ1v) is 7.20. The Morgan fingerprint density at radius 2 is 2.21 bits per heavy atom. The molecule has 1 unspecified atom stereocenters. The maximum Gasteiger partial charge on any atom is 0.325 e. The molecule has 0 aliphatic carbocycles. The lowest BCUT2D eigenvalue weighted by atomic mass is 10.4. The van der Waals surface area contributed by atoms with Crippen LogP contribution in [0, 0.1) is 0 Å². The highest BCUT2D eigenvalue weighted by Crippen LogP contribution is 2.36. The van der Waals surface area contributed by atoms with Gasteiger partial charge in [0.1, 0.15) is 0 Å². The number of thioether (sulfide) groups is 1. The van der Waals surface area contributed by atoms with Gasteiger partial charge in [-0.05, 0) is 13.8 Å². The van der Waals surface area contributed by atoms with Gasteiger partial charge in [-0.1, -0.05) is 11.8 Å². The first-order valence-electron chi connectivity index (χ1n) is 4.19. The van der Waals surface area contributed by atoms with Crippen LogP contribution in [0.3, 0.4) is 0 Å². The van der Waals surface area contributed by atoms with E-state index in [4.69, 9.17) is 4.89 Å². The smallest absolute Gasteiger partial charge is 0.325 e. The van der Waals surface area contributed by atoms with Crippen LogP contribution in [-0.2, 0) is 9.09 Å². The van der Waals surface area contributed by atoms with Crippen LogP contribution in [0.5, 0.6) is 0 Å². The van der Waals surface area contributed by atoms with Crippen molar-refractivity contribution >= 4 is 24.6 Å². The highest BCUT2D eigenvalue weighted by Gasteiger charge is 2.10. The second-order valence-corrected chi connectivity index (χ2v) is 6.00. The highest BCUT2D eigenvalue weighted by atomic mass is 32.2. The summed E-state index contributed by atoms with van der Waals surface area (Å²) in [4.78, 5) is 19.8. The van der Waals surface area contributed by atoms with Crippen LogP contribution < -0.4 is 5.32 Å². The largest absolute Gasteiger partial charge is 0.345 e. The Kier molecular flexibility index (Phi) is 6.44. The summed E-state index contributed by atoms with van der Waals surface area (Å²) >= 11 is 1.04. The van der Waals surface area contributed by atoms with Crippen molar-refractivity contribution in [1.29, 1.82) is 0 Å². The predicted octanol–water partition coefficient (Wildman–Crippen LogP) is 1.67. The van der Waals surface area contributed by atoms with Crippen molar-refractivity contribution in [1.82, 2.24) is 5.32 Å². The summed E-state index contributed by atoms with van der Waals surface area (Å²) in [5.41, 5.74) is 0. The lowest BCUT2D eigenvalue weighted by Crippen LogP contribution is -2.26. The zero-order chi connectivity index (χ0) is 11.2. The van der Waals surface area contributed by atoms with Gasteiger partial charge < -0.3 is 14.7 Å². The zero-order valence-electron chi connectivity index (χ0n) is 8.52. The number of carbonyl (C=O) groups is 1. The van der Waals surface area contributed by atoms with Crippen LogP contribution in [-0.4, -0.2) is 35.2 Å². The van der Waals surface area contributed by atoms with Crippen LogP contribution in [0.4, 0.5) is 4.79 Å². The van der Waals surface area contributed by atoms with Crippen molar-refractivity contribution in [2.75, 3.05) is 19.0 Å². The van der Waals surface area contributed by atoms with Crippen molar-refractivity contribution in [2.24, 2.45) is 0 Å². The van der Waals surface area contributed by atoms with Gasteiger partial charge in [-0.3, -0.25) is 9.36 Å². The Morgan fingerprint density at radius 1 is 1.64 bits per heavy atom. The van der Waals surface area contributed by atoms with E-state index in [2.05, 4.69) is 9.84 Å². The summed E-state index contributed by atoms with van der Waals surface area (Å²) in [6.45, 7) is 4.94. The molecule has 0 rings (SSSR count). The third-order valence-electron chi connectivity index (χ3n) is 1.05. The van der Waals surface area contributed by atoms with Gasteiger partial charge in [0.2, 0.25) is 0 Å². The molecule has 0 aliphatic heterocycles. The monoisotopic (exact) mass is 241 g/mol. The van der Waals surface area contributed by atoms with Crippen LogP contribution >= 0.6 is 19.4 Å². The molecule has 84 valence electrons. The molecule has 14 heavy (non-hydrogen) atoms. The molecule has 5 nitrogen and oxygen atoms in total. The Labute approximate surface area is 88.1 Å². The molecule has 0 aromatic heterocycles. The summed E-state index contributed by atoms with van der Waals surface area (Å²) in [6.07, 6.45) is 0. The standard InChI is InChI=1S/C7H16NO4PS/c1-6(2)8-7(9)14-5-4-12-13(3,10)11/h6H,4-5H2,1-3H3,(H,8,9)(H,10,11). The summed E-state index contributed by atoms with van der Waals surface area (Å²) in [6, 6.07) is 0.103. The average Bonchev–Trinajstić information content (AvgIpc) is 1.95. The van der Waals surface area contributed by atoms with E-state index in [0.29, 0.717) is 5.75 Å². The number of nitrogens with one attached hydrogen (secondary N) is 1. The maximum absolute atomic E-state index is 11.0. The Hall–Kier alpha value is -0.0300. The Balaban J connectivity index is 3.46. The fourth-order valence-corrected chi connectivity index (χ4v) is 1.84. The van der Waals surface area contributed by atoms with Crippen LogP contribution in [0.15, 0.2) is 0 Å².